The minimum atomic E-state index is -0.406. The van der Waals surface area contributed by atoms with Gasteiger partial charge in [-0.25, -0.2) is 4.98 Å². The molecule has 0 fully saturated rings. The second kappa shape index (κ2) is 7.09. The van der Waals surface area contributed by atoms with Crippen LogP contribution in [0.15, 0.2) is 47.3 Å². The molecule has 1 N–H and O–H groups in total. The van der Waals surface area contributed by atoms with E-state index in [1.54, 1.807) is 42.5 Å². The van der Waals surface area contributed by atoms with E-state index in [9.17, 15) is 14.9 Å². The third-order valence-corrected chi connectivity index (χ3v) is 4.29. The van der Waals surface area contributed by atoms with Crippen LogP contribution >= 0.6 is 11.6 Å². The summed E-state index contributed by atoms with van der Waals surface area (Å²) in [6.07, 6.45) is 1.55. The van der Waals surface area contributed by atoms with Crippen molar-refractivity contribution >= 4 is 39.3 Å². The molecule has 0 bridgehead atoms. The molecule has 0 aliphatic carbocycles. The van der Waals surface area contributed by atoms with Crippen molar-refractivity contribution in [2.45, 2.75) is 19.8 Å². The molecule has 0 saturated carbocycles. The van der Waals surface area contributed by atoms with Crippen molar-refractivity contribution in [3.05, 3.63) is 79.9 Å². The number of hydrogen-bond acceptors (Lipinski definition) is 4. The van der Waals surface area contributed by atoms with E-state index in [4.69, 9.17) is 11.6 Å². The zero-order valence-electron chi connectivity index (χ0n) is 14.2. The van der Waals surface area contributed by atoms with E-state index >= 15 is 0 Å². The monoisotopic (exact) mass is 369 g/mol. The molecular formula is C19H16ClN3O3. The van der Waals surface area contributed by atoms with Crippen molar-refractivity contribution in [1.29, 1.82) is 0 Å². The first kappa shape index (κ1) is 17.8. The number of nitro benzene ring substituents is 1. The normalized spacial score (nSPS) is 11.9. The molecule has 0 spiro atoms. The van der Waals surface area contributed by atoms with E-state index in [1.807, 2.05) is 13.8 Å². The van der Waals surface area contributed by atoms with Crippen LogP contribution in [-0.2, 0) is 0 Å². The molecule has 2 aromatic carbocycles. The molecule has 0 amide bonds. The van der Waals surface area contributed by atoms with Crippen molar-refractivity contribution in [1.82, 2.24) is 9.97 Å². The highest BCUT2D eigenvalue weighted by Gasteiger charge is 2.17. The number of rotatable bonds is 4. The Morgan fingerprint density at radius 2 is 2.00 bits per heavy atom. The first-order valence-corrected chi connectivity index (χ1v) is 8.39. The molecule has 3 aromatic rings. The zero-order chi connectivity index (χ0) is 18.8. The van der Waals surface area contributed by atoms with E-state index < -0.39 is 4.92 Å². The minimum Gasteiger partial charge on any atom is -0.305 e. The van der Waals surface area contributed by atoms with E-state index in [0.717, 1.165) is 0 Å². The van der Waals surface area contributed by atoms with Crippen LogP contribution in [0.1, 0.15) is 36.7 Å². The highest BCUT2D eigenvalue weighted by molar-refractivity contribution is 6.50. The van der Waals surface area contributed by atoms with E-state index in [2.05, 4.69) is 9.97 Å². The number of benzene rings is 2. The lowest BCUT2D eigenvalue weighted by Crippen LogP contribution is -2.10. The zero-order valence-corrected chi connectivity index (χ0v) is 14.9. The number of para-hydroxylation sites is 1. The van der Waals surface area contributed by atoms with Gasteiger partial charge in [-0.2, -0.15) is 0 Å². The van der Waals surface area contributed by atoms with E-state index in [1.165, 1.54) is 6.07 Å². The molecule has 3 rings (SSSR count). The Morgan fingerprint density at radius 3 is 2.69 bits per heavy atom. The largest absolute Gasteiger partial charge is 0.305 e. The number of nitrogens with one attached hydrogen (secondary N) is 1. The van der Waals surface area contributed by atoms with Crippen molar-refractivity contribution < 1.29 is 4.92 Å². The van der Waals surface area contributed by atoms with Gasteiger partial charge in [-0.15, -0.1) is 0 Å². The van der Waals surface area contributed by atoms with Gasteiger partial charge in [0.25, 0.3) is 11.2 Å². The Kier molecular flexibility index (Phi) is 4.86. The number of nitrogens with zero attached hydrogens (tertiary/aromatic N) is 2. The summed E-state index contributed by atoms with van der Waals surface area (Å²) in [4.78, 5) is 30.0. The van der Waals surface area contributed by atoms with Crippen LogP contribution in [0.3, 0.4) is 0 Å². The van der Waals surface area contributed by atoms with E-state index in [0.29, 0.717) is 22.0 Å². The Morgan fingerprint density at radius 1 is 1.27 bits per heavy atom. The lowest BCUT2D eigenvalue weighted by molar-refractivity contribution is -0.385. The molecule has 6 nitrogen and oxygen atoms in total. The topological polar surface area (TPSA) is 88.9 Å². The molecule has 1 aromatic heterocycles. The Balaban J connectivity index is 2.06. The Labute approximate surface area is 154 Å². The fourth-order valence-electron chi connectivity index (χ4n) is 2.71. The molecule has 0 aliphatic rings. The molecule has 0 atom stereocenters. The second-order valence-electron chi connectivity index (χ2n) is 6.15. The number of aromatic amines is 1. The average Bonchev–Trinajstić information content (AvgIpc) is 2.61. The molecule has 1 heterocycles. The van der Waals surface area contributed by atoms with Crippen LogP contribution in [0.2, 0.25) is 0 Å². The second-order valence-corrected chi connectivity index (χ2v) is 6.56. The number of H-pyrrole nitrogens is 1. The Hall–Kier alpha value is -2.99. The predicted octanol–water partition coefficient (Wildman–Crippen LogP) is 4.69. The lowest BCUT2D eigenvalue weighted by Gasteiger charge is -2.07. The summed E-state index contributed by atoms with van der Waals surface area (Å²) in [5.41, 5.74) is 1.48. The highest BCUT2D eigenvalue weighted by Crippen LogP contribution is 2.29. The van der Waals surface area contributed by atoms with Crippen LogP contribution < -0.4 is 5.56 Å². The Bertz CT molecular complexity index is 1090. The fourth-order valence-corrected chi connectivity index (χ4v) is 2.93. The van der Waals surface area contributed by atoms with Crippen molar-refractivity contribution in [2.75, 3.05) is 0 Å². The highest BCUT2D eigenvalue weighted by atomic mass is 35.5. The summed E-state index contributed by atoms with van der Waals surface area (Å²) in [5, 5.41) is 12.0. The van der Waals surface area contributed by atoms with Gasteiger partial charge in [-0.1, -0.05) is 49.7 Å². The van der Waals surface area contributed by atoms with Crippen LogP contribution in [0.25, 0.3) is 22.0 Å². The SMILES string of the molecule is CC(C)c1ccc(/C=C(\Cl)c2nc3ccccc3c(=O)[nH]2)cc1[N+](=O)[O-]. The number of aromatic nitrogens is 2. The van der Waals surface area contributed by atoms with E-state index in [-0.39, 0.29) is 28.0 Å². The fraction of sp³-hybridized carbons (Fsp3) is 0.158. The lowest BCUT2D eigenvalue weighted by atomic mass is 9.99. The summed E-state index contributed by atoms with van der Waals surface area (Å²) in [7, 11) is 0. The van der Waals surface area contributed by atoms with Crippen molar-refractivity contribution in [3.8, 4) is 0 Å². The predicted molar refractivity (Wildman–Crippen MR) is 103 cm³/mol. The van der Waals surface area contributed by atoms with Crippen LogP contribution in [-0.4, -0.2) is 14.9 Å². The maximum Gasteiger partial charge on any atom is 0.273 e. The van der Waals surface area contributed by atoms with Crippen molar-refractivity contribution in [2.24, 2.45) is 0 Å². The summed E-state index contributed by atoms with van der Waals surface area (Å²) >= 11 is 6.31. The van der Waals surface area contributed by atoms with Crippen LogP contribution in [0.4, 0.5) is 5.69 Å². The van der Waals surface area contributed by atoms with Gasteiger partial charge in [-0.3, -0.25) is 14.9 Å². The molecule has 0 radical (unpaired) electrons. The van der Waals surface area contributed by atoms with Gasteiger partial charge in [-0.05, 0) is 29.7 Å². The van der Waals surface area contributed by atoms with Crippen LogP contribution in [0, 0.1) is 10.1 Å². The molecule has 26 heavy (non-hydrogen) atoms. The van der Waals surface area contributed by atoms with Gasteiger partial charge in [0.05, 0.1) is 20.9 Å². The van der Waals surface area contributed by atoms with Gasteiger partial charge in [0.1, 0.15) is 0 Å². The standard InChI is InChI=1S/C19H16ClN3O3/c1-11(2)13-8-7-12(10-17(13)23(25)26)9-15(20)18-21-16-6-4-3-5-14(16)19(24)22-18/h3-11H,1-2H3,(H,21,22,24)/b15-9-. The van der Waals surface area contributed by atoms with Crippen molar-refractivity contribution in [3.63, 3.8) is 0 Å². The van der Waals surface area contributed by atoms with Gasteiger partial charge < -0.3 is 4.98 Å². The van der Waals surface area contributed by atoms with Gasteiger partial charge in [0.15, 0.2) is 5.82 Å². The number of nitro groups is 1. The maximum atomic E-state index is 12.1. The van der Waals surface area contributed by atoms with Gasteiger partial charge in [0.2, 0.25) is 0 Å². The van der Waals surface area contributed by atoms with Gasteiger partial charge in [0, 0.05) is 11.6 Å². The molecular weight excluding hydrogens is 354 g/mol. The molecule has 0 unspecified atom stereocenters. The van der Waals surface area contributed by atoms with Crippen LogP contribution in [0.5, 0.6) is 0 Å². The first-order valence-electron chi connectivity index (χ1n) is 8.02. The number of fused-ring (bicyclic) bond motifs is 1. The quantitative estimate of drug-likeness (QED) is 0.533. The summed E-state index contributed by atoms with van der Waals surface area (Å²) in [6.45, 7) is 3.79. The average molecular weight is 370 g/mol. The maximum absolute atomic E-state index is 12.1. The molecule has 132 valence electrons. The first-order chi connectivity index (χ1) is 12.4. The smallest absolute Gasteiger partial charge is 0.273 e. The molecule has 0 aliphatic heterocycles. The minimum absolute atomic E-state index is 0.0300. The molecule has 7 heteroatoms. The summed E-state index contributed by atoms with van der Waals surface area (Å²) in [6, 6.07) is 11.9. The molecule has 0 saturated heterocycles. The third kappa shape index (κ3) is 3.50. The summed E-state index contributed by atoms with van der Waals surface area (Å²) < 4.78 is 0. The van der Waals surface area contributed by atoms with Gasteiger partial charge >= 0.3 is 0 Å². The number of hydrogen-bond donors (Lipinski definition) is 1. The number of halogens is 1. The third-order valence-electron chi connectivity index (χ3n) is 4.01. The summed E-state index contributed by atoms with van der Waals surface area (Å²) in [5.74, 6) is 0.244.